The van der Waals surface area contributed by atoms with E-state index in [4.69, 9.17) is 9.47 Å². The van der Waals surface area contributed by atoms with Crippen LogP contribution < -0.4 is 19.7 Å². The molecule has 1 saturated heterocycles. The normalized spacial score (nSPS) is 19.3. The summed E-state index contributed by atoms with van der Waals surface area (Å²) in [5.74, 6) is -0.752. The van der Waals surface area contributed by atoms with E-state index >= 15 is 0 Å². The van der Waals surface area contributed by atoms with E-state index < -0.39 is 30.5 Å². The maximum absolute atomic E-state index is 14.2. The van der Waals surface area contributed by atoms with Crippen LogP contribution in [0.25, 0.3) is 0 Å². The van der Waals surface area contributed by atoms with Crippen LogP contribution >= 0.6 is 0 Å². The van der Waals surface area contributed by atoms with Gasteiger partial charge in [0, 0.05) is 55.3 Å². The number of anilines is 1. The number of ether oxygens (including phenoxy) is 2. The Hall–Kier alpha value is -4.07. The van der Waals surface area contributed by atoms with Gasteiger partial charge in [0.25, 0.3) is 11.8 Å². The van der Waals surface area contributed by atoms with Crippen LogP contribution in [0.5, 0.6) is 17.4 Å². The van der Waals surface area contributed by atoms with Gasteiger partial charge in [-0.3, -0.25) is 9.78 Å². The van der Waals surface area contributed by atoms with Gasteiger partial charge in [-0.05, 0) is 57.9 Å². The molecule has 1 spiro atoms. The third-order valence-electron chi connectivity index (χ3n) is 8.43. The van der Waals surface area contributed by atoms with E-state index in [9.17, 15) is 22.4 Å². The first-order valence-corrected chi connectivity index (χ1v) is 14.6. The van der Waals surface area contributed by atoms with E-state index in [1.165, 1.54) is 26.2 Å². The molecule has 234 valence electrons. The Morgan fingerprint density at radius 1 is 1.18 bits per heavy atom. The first-order valence-electron chi connectivity index (χ1n) is 14.6. The Balaban J connectivity index is 1.14. The second kappa shape index (κ2) is 11.5. The summed E-state index contributed by atoms with van der Waals surface area (Å²) in [7, 11) is 0. The molecule has 2 aromatic heterocycles. The lowest BCUT2D eigenvalue weighted by molar-refractivity contribution is -0.143. The van der Waals surface area contributed by atoms with Gasteiger partial charge in [0.05, 0.1) is 11.3 Å². The summed E-state index contributed by atoms with van der Waals surface area (Å²) in [6.45, 7) is 5.74. The molecule has 1 atom stereocenters. The second-order valence-corrected chi connectivity index (χ2v) is 12.1. The van der Waals surface area contributed by atoms with Crippen molar-refractivity contribution in [1.29, 1.82) is 0 Å². The minimum absolute atomic E-state index is 0.0352. The van der Waals surface area contributed by atoms with E-state index in [-0.39, 0.29) is 34.8 Å². The van der Waals surface area contributed by atoms with Crippen molar-refractivity contribution in [2.75, 3.05) is 31.1 Å². The number of fused-ring (bicyclic) bond motifs is 1. The van der Waals surface area contributed by atoms with Crippen molar-refractivity contribution < 1.29 is 31.8 Å². The third kappa shape index (κ3) is 5.99. The zero-order chi connectivity index (χ0) is 31.2. The molecule has 3 aliphatic rings. The average molecular weight is 616 g/mol. The first kappa shape index (κ1) is 30.0. The molecule has 1 aromatic carbocycles. The number of benzene rings is 1. The van der Waals surface area contributed by atoms with Gasteiger partial charge in [-0.2, -0.15) is 13.2 Å². The summed E-state index contributed by atoms with van der Waals surface area (Å²) < 4.78 is 66.2. The number of aromatic nitrogens is 4. The smallest absolute Gasteiger partial charge is 0.406 e. The van der Waals surface area contributed by atoms with Crippen molar-refractivity contribution in [2.45, 2.75) is 64.4 Å². The van der Waals surface area contributed by atoms with Gasteiger partial charge in [0.2, 0.25) is 0 Å². The lowest BCUT2D eigenvalue weighted by Gasteiger charge is -2.58. The highest BCUT2D eigenvalue weighted by Gasteiger charge is 2.54. The van der Waals surface area contributed by atoms with Crippen molar-refractivity contribution in [2.24, 2.45) is 5.41 Å². The van der Waals surface area contributed by atoms with Crippen LogP contribution in [0.1, 0.15) is 61.3 Å². The van der Waals surface area contributed by atoms with Crippen molar-refractivity contribution in [3.63, 3.8) is 0 Å². The monoisotopic (exact) mass is 615 g/mol. The van der Waals surface area contributed by atoms with Crippen LogP contribution in [0, 0.1) is 11.2 Å². The summed E-state index contributed by atoms with van der Waals surface area (Å²) in [6.07, 6.45) is 1.09. The number of nitrogens with zero attached hydrogens (tertiary/aromatic N) is 6. The van der Waals surface area contributed by atoms with Crippen LogP contribution in [0.15, 0.2) is 36.8 Å². The fourth-order valence-electron chi connectivity index (χ4n) is 6.35. The number of halogens is 4. The molecule has 2 aliphatic heterocycles. The van der Waals surface area contributed by atoms with Gasteiger partial charge in [-0.15, -0.1) is 10.2 Å². The Morgan fingerprint density at radius 2 is 1.95 bits per heavy atom. The molecule has 1 saturated carbocycles. The molecule has 1 unspecified atom stereocenters. The molecular weight excluding hydrogens is 582 g/mol. The molecule has 0 radical (unpaired) electrons. The zero-order valence-corrected chi connectivity index (χ0v) is 24.6. The van der Waals surface area contributed by atoms with Crippen LogP contribution in [-0.2, 0) is 6.42 Å². The summed E-state index contributed by atoms with van der Waals surface area (Å²) in [6, 6.07) is 4.40. The van der Waals surface area contributed by atoms with Gasteiger partial charge < -0.3 is 24.6 Å². The number of hydrogen-bond acceptors (Lipinski definition) is 9. The predicted molar refractivity (Wildman–Crippen MR) is 151 cm³/mol. The topological polar surface area (TPSA) is 106 Å². The Bertz CT molecular complexity index is 1540. The largest absolute Gasteiger partial charge is 0.490 e. The molecule has 44 heavy (non-hydrogen) atoms. The fraction of sp³-hybridized carbons (Fsp3) is 0.500. The lowest BCUT2D eigenvalue weighted by atomic mass is 9.61. The quantitative estimate of drug-likeness (QED) is 0.356. The Labute approximate surface area is 251 Å². The molecule has 2 fully saturated rings. The van der Waals surface area contributed by atoms with Gasteiger partial charge in [-0.1, -0.05) is 0 Å². The number of alkyl halides is 3. The number of carbonyl (C=O) groups is 1. The van der Waals surface area contributed by atoms with Crippen LogP contribution in [0.4, 0.5) is 23.4 Å². The SMILES string of the molecule is CC1NCCc2nccc(OC3CC4(C3)CN(c3ncnnc3Oc3ccc(F)cc3C(=O)N(CC(F)(F)F)C(C)C)C4)c21. The minimum atomic E-state index is -4.64. The molecule has 1 amide bonds. The lowest BCUT2D eigenvalue weighted by Crippen LogP contribution is -2.65. The van der Waals surface area contributed by atoms with Gasteiger partial charge >= 0.3 is 6.18 Å². The molecule has 0 bridgehead atoms. The van der Waals surface area contributed by atoms with Crippen LogP contribution in [0.2, 0.25) is 0 Å². The average Bonchev–Trinajstić information content (AvgIpc) is 2.93. The number of pyridine rings is 1. The van der Waals surface area contributed by atoms with E-state index in [0.717, 1.165) is 54.9 Å². The summed E-state index contributed by atoms with van der Waals surface area (Å²) >= 11 is 0. The number of amides is 1. The molecule has 14 heteroatoms. The second-order valence-electron chi connectivity index (χ2n) is 12.1. The molecule has 1 aliphatic carbocycles. The molecule has 6 rings (SSSR count). The highest BCUT2D eigenvalue weighted by Crippen LogP contribution is 2.52. The van der Waals surface area contributed by atoms with E-state index in [1.54, 1.807) is 6.20 Å². The number of nitrogens with one attached hydrogen (secondary N) is 1. The molecule has 4 heterocycles. The van der Waals surface area contributed by atoms with E-state index in [2.05, 4.69) is 32.4 Å². The molecular formula is C30H33F4N7O3. The maximum atomic E-state index is 14.2. The van der Waals surface area contributed by atoms with Crippen LogP contribution in [-0.4, -0.2) is 75.5 Å². The third-order valence-corrected chi connectivity index (χ3v) is 8.43. The Kier molecular flexibility index (Phi) is 7.80. The molecule has 10 nitrogen and oxygen atoms in total. The summed E-state index contributed by atoms with van der Waals surface area (Å²) in [5, 5.41) is 11.3. The van der Waals surface area contributed by atoms with Gasteiger partial charge in [0.1, 0.15) is 36.3 Å². The standard InChI is InChI=1S/C30H33F4N7O3/c1-17(2)41(15-30(32,33)34)28(42)21-10-19(31)4-5-23(21)44-27-26(37-16-38-39-27)40-13-29(14-40)11-20(12-29)43-24-7-9-36-22-6-8-35-18(3)25(22)24/h4-5,7,9-10,16-18,20,35H,6,8,11-15H2,1-3H3. The fourth-order valence-corrected chi connectivity index (χ4v) is 6.35. The highest BCUT2D eigenvalue weighted by molar-refractivity contribution is 5.97. The van der Waals surface area contributed by atoms with Gasteiger partial charge in [-0.25, -0.2) is 9.37 Å². The highest BCUT2D eigenvalue weighted by atomic mass is 19.4. The van der Waals surface area contributed by atoms with Crippen molar-refractivity contribution in [3.8, 4) is 17.4 Å². The first-order chi connectivity index (χ1) is 20.9. The number of hydrogen-bond donors (Lipinski definition) is 1. The van der Waals surface area contributed by atoms with E-state index in [1.807, 2.05) is 11.0 Å². The van der Waals surface area contributed by atoms with Crippen LogP contribution in [0.3, 0.4) is 0 Å². The molecule has 1 N–H and O–H groups in total. The summed E-state index contributed by atoms with van der Waals surface area (Å²) in [5.41, 5.74) is 1.87. The van der Waals surface area contributed by atoms with Crippen molar-refractivity contribution in [1.82, 2.24) is 30.4 Å². The Morgan fingerprint density at radius 3 is 2.68 bits per heavy atom. The maximum Gasteiger partial charge on any atom is 0.406 e. The van der Waals surface area contributed by atoms with Crippen molar-refractivity contribution >= 4 is 11.7 Å². The zero-order valence-electron chi connectivity index (χ0n) is 24.6. The van der Waals surface area contributed by atoms with Crippen molar-refractivity contribution in [3.05, 3.63) is 59.4 Å². The molecule has 3 aromatic rings. The number of carbonyl (C=O) groups excluding carboxylic acids is 1. The predicted octanol–water partition coefficient (Wildman–Crippen LogP) is 4.87. The van der Waals surface area contributed by atoms with Gasteiger partial charge in [0.15, 0.2) is 5.82 Å². The summed E-state index contributed by atoms with van der Waals surface area (Å²) in [4.78, 5) is 24.6. The van der Waals surface area contributed by atoms with E-state index in [0.29, 0.717) is 23.8 Å². The number of rotatable bonds is 8. The minimum Gasteiger partial charge on any atom is -0.490 e.